The number of aryl methyl sites for hydroxylation is 1. The molecule has 0 aliphatic heterocycles. The molecule has 0 aromatic carbocycles. The lowest BCUT2D eigenvalue weighted by atomic mass is 9.94. The molecule has 0 spiro atoms. The van der Waals surface area contributed by atoms with E-state index in [4.69, 9.17) is 0 Å². The zero-order valence-corrected chi connectivity index (χ0v) is 10.4. The largest absolute Gasteiger partial charge is 0.425 e. The van der Waals surface area contributed by atoms with Gasteiger partial charge in [0.15, 0.2) is 0 Å². The van der Waals surface area contributed by atoms with Crippen molar-refractivity contribution in [3.05, 3.63) is 33.7 Å². The first kappa shape index (κ1) is 12.8. The Bertz CT molecular complexity index is 395. The van der Waals surface area contributed by atoms with Gasteiger partial charge in [0.2, 0.25) is 0 Å². The van der Waals surface area contributed by atoms with E-state index in [9.17, 15) is 10.0 Å². The van der Waals surface area contributed by atoms with Crippen LogP contribution in [0.3, 0.4) is 0 Å². The van der Waals surface area contributed by atoms with Gasteiger partial charge in [-0.2, -0.15) is 4.73 Å². The second kappa shape index (κ2) is 5.73. The molecule has 1 heterocycles. The van der Waals surface area contributed by atoms with Gasteiger partial charge in [0.05, 0.1) is 5.69 Å². The lowest BCUT2D eigenvalue weighted by Crippen LogP contribution is -2.22. The Morgan fingerprint density at radius 3 is 2.62 bits per heavy atom. The number of rotatable bonds is 5. The molecule has 0 saturated heterocycles. The molecule has 1 N–H and O–H groups in total. The summed E-state index contributed by atoms with van der Waals surface area (Å²) in [6.45, 7) is 6.12. The van der Waals surface area contributed by atoms with E-state index >= 15 is 0 Å². The van der Waals surface area contributed by atoms with E-state index in [-0.39, 0.29) is 11.5 Å². The van der Waals surface area contributed by atoms with E-state index in [1.54, 1.807) is 0 Å². The van der Waals surface area contributed by atoms with E-state index in [1.165, 1.54) is 6.07 Å². The van der Waals surface area contributed by atoms with E-state index in [0.29, 0.717) is 0 Å². The van der Waals surface area contributed by atoms with Crippen LogP contribution in [0.2, 0.25) is 0 Å². The van der Waals surface area contributed by atoms with Gasteiger partial charge in [-0.25, -0.2) is 0 Å². The summed E-state index contributed by atoms with van der Waals surface area (Å²) >= 11 is 0. The molecule has 0 bridgehead atoms. The van der Waals surface area contributed by atoms with Crippen molar-refractivity contribution >= 4 is 0 Å². The standard InChI is InChI=1S/C13H21NO2/c1-4-6-7-11(5-2)12-8-10(3)9-13(15)14(12)16/h8-9,11,16H,4-7H2,1-3H3. The number of pyridine rings is 1. The normalized spacial score (nSPS) is 12.7. The molecule has 1 unspecified atom stereocenters. The second-order valence-electron chi connectivity index (χ2n) is 4.35. The molecule has 0 aliphatic carbocycles. The minimum Gasteiger partial charge on any atom is -0.425 e. The molecule has 0 saturated carbocycles. The van der Waals surface area contributed by atoms with Crippen LogP contribution < -0.4 is 5.56 Å². The van der Waals surface area contributed by atoms with Crippen LogP contribution in [0.15, 0.2) is 16.9 Å². The zero-order valence-electron chi connectivity index (χ0n) is 10.4. The summed E-state index contributed by atoms with van der Waals surface area (Å²) < 4.78 is 0.802. The molecule has 90 valence electrons. The Morgan fingerprint density at radius 1 is 1.38 bits per heavy atom. The average molecular weight is 223 g/mol. The van der Waals surface area contributed by atoms with Gasteiger partial charge in [0.1, 0.15) is 0 Å². The van der Waals surface area contributed by atoms with Crippen LogP contribution in [-0.2, 0) is 0 Å². The quantitative estimate of drug-likeness (QED) is 0.779. The summed E-state index contributed by atoms with van der Waals surface area (Å²) in [7, 11) is 0. The van der Waals surface area contributed by atoms with Crippen LogP contribution in [0.1, 0.15) is 56.7 Å². The van der Waals surface area contributed by atoms with Crippen LogP contribution in [0.5, 0.6) is 0 Å². The van der Waals surface area contributed by atoms with Crippen molar-refractivity contribution < 1.29 is 5.21 Å². The third kappa shape index (κ3) is 2.87. The summed E-state index contributed by atoms with van der Waals surface area (Å²) in [6.07, 6.45) is 4.23. The van der Waals surface area contributed by atoms with Crippen molar-refractivity contribution in [2.75, 3.05) is 0 Å². The first-order chi connectivity index (χ1) is 7.60. The molecule has 1 aromatic rings. The van der Waals surface area contributed by atoms with Gasteiger partial charge in [-0.1, -0.05) is 26.7 Å². The van der Waals surface area contributed by atoms with Gasteiger partial charge in [-0.05, 0) is 31.4 Å². The molecule has 0 amide bonds. The molecule has 3 heteroatoms. The van der Waals surface area contributed by atoms with Crippen molar-refractivity contribution in [3.8, 4) is 0 Å². The zero-order chi connectivity index (χ0) is 12.1. The smallest absolute Gasteiger partial charge is 0.283 e. The molecule has 3 nitrogen and oxygen atoms in total. The molecule has 1 aromatic heterocycles. The van der Waals surface area contributed by atoms with Gasteiger partial charge >= 0.3 is 0 Å². The molecule has 16 heavy (non-hydrogen) atoms. The first-order valence-electron chi connectivity index (χ1n) is 6.03. The number of nitrogens with zero attached hydrogens (tertiary/aromatic N) is 1. The third-order valence-corrected chi connectivity index (χ3v) is 3.00. The van der Waals surface area contributed by atoms with E-state index < -0.39 is 0 Å². The number of hydrogen-bond acceptors (Lipinski definition) is 2. The minimum atomic E-state index is -0.329. The topological polar surface area (TPSA) is 42.2 Å². The Morgan fingerprint density at radius 2 is 2.06 bits per heavy atom. The number of aromatic nitrogens is 1. The maximum absolute atomic E-state index is 11.5. The molecule has 0 aliphatic rings. The average Bonchev–Trinajstić information content (AvgIpc) is 2.25. The van der Waals surface area contributed by atoms with E-state index in [2.05, 4.69) is 13.8 Å². The first-order valence-corrected chi connectivity index (χ1v) is 6.03. The van der Waals surface area contributed by atoms with Crippen LogP contribution >= 0.6 is 0 Å². The Hall–Kier alpha value is -1.25. The monoisotopic (exact) mass is 223 g/mol. The summed E-state index contributed by atoms with van der Waals surface area (Å²) in [4.78, 5) is 11.5. The summed E-state index contributed by atoms with van der Waals surface area (Å²) in [5.41, 5.74) is 1.34. The highest BCUT2D eigenvalue weighted by Crippen LogP contribution is 2.24. The van der Waals surface area contributed by atoms with Crippen molar-refractivity contribution in [1.82, 2.24) is 4.73 Å². The Balaban J connectivity index is 3.04. The molecule has 0 fully saturated rings. The Kier molecular flexibility index (Phi) is 4.59. The number of hydrogen-bond donors (Lipinski definition) is 1. The van der Waals surface area contributed by atoms with Gasteiger partial charge < -0.3 is 5.21 Å². The fraction of sp³-hybridized carbons (Fsp3) is 0.615. The molecule has 0 radical (unpaired) electrons. The maximum atomic E-state index is 11.5. The van der Waals surface area contributed by atoms with Crippen LogP contribution in [-0.4, -0.2) is 9.94 Å². The third-order valence-electron chi connectivity index (χ3n) is 3.00. The highest BCUT2D eigenvalue weighted by molar-refractivity contribution is 5.18. The molecule has 1 atom stereocenters. The highest BCUT2D eigenvalue weighted by Gasteiger charge is 2.14. The summed E-state index contributed by atoms with van der Waals surface area (Å²) in [5.74, 6) is 0.276. The predicted octanol–water partition coefficient (Wildman–Crippen LogP) is 3.08. The predicted molar refractivity (Wildman–Crippen MR) is 65.2 cm³/mol. The molecular formula is C13H21NO2. The van der Waals surface area contributed by atoms with Gasteiger partial charge in [0, 0.05) is 12.0 Å². The fourth-order valence-corrected chi connectivity index (χ4v) is 2.02. The molecule has 1 rings (SSSR count). The fourth-order valence-electron chi connectivity index (χ4n) is 2.02. The van der Waals surface area contributed by atoms with Gasteiger partial charge in [-0.3, -0.25) is 4.79 Å². The number of unbranched alkanes of at least 4 members (excludes halogenated alkanes) is 1. The van der Waals surface area contributed by atoms with Gasteiger partial charge in [0.25, 0.3) is 5.56 Å². The van der Waals surface area contributed by atoms with Crippen molar-refractivity contribution in [1.29, 1.82) is 0 Å². The van der Waals surface area contributed by atoms with E-state index in [1.807, 2.05) is 13.0 Å². The highest BCUT2D eigenvalue weighted by atomic mass is 16.5. The van der Waals surface area contributed by atoms with Crippen LogP contribution in [0.25, 0.3) is 0 Å². The van der Waals surface area contributed by atoms with Crippen molar-refractivity contribution in [2.24, 2.45) is 0 Å². The maximum Gasteiger partial charge on any atom is 0.283 e. The lowest BCUT2D eigenvalue weighted by Gasteiger charge is -2.17. The summed E-state index contributed by atoms with van der Waals surface area (Å²) in [6, 6.07) is 3.36. The second-order valence-corrected chi connectivity index (χ2v) is 4.35. The van der Waals surface area contributed by atoms with Crippen LogP contribution in [0.4, 0.5) is 0 Å². The SMILES string of the molecule is CCCCC(CC)c1cc(C)cc(=O)n1O. The van der Waals surface area contributed by atoms with Crippen molar-refractivity contribution in [3.63, 3.8) is 0 Å². The Labute approximate surface area is 96.7 Å². The minimum absolute atomic E-state index is 0.276. The van der Waals surface area contributed by atoms with Crippen molar-refractivity contribution in [2.45, 2.75) is 52.4 Å². The van der Waals surface area contributed by atoms with E-state index in [0.717, 1.165) is 41.7 Å². The lowest BCUT2D eigenvalue weighted by molar-refractivity contribution is 0.159. The van der Waals surface area contributed by atoms with Crippen LogP contribution in [0, 0.1) is 6.92 Å². The molecular weight excluding hydrogens is 202 g/mol. The summed E-state index contributed by atoms with van der Waals surface area (Å²) in [5, 5.41) is 9.73. The van der Waals surface area contributed by atoms with Gasteiger partial charge in [-0.15, -0.1) is 0 Å².